The summed E-state index contributed by atoms with van der Waals surface area (Å²) in [6.07, 6.45) is 4.94. The SMILES string of the molecule is C=C/C=C\N=C.CC.CN1CCN(C)CC1. The van der Waals surface area contributed by atoms with Crippen LogP contribution in [0.5, 0.6) is 0 Å². The van der Waals surface area contributed by atoms with Crippen molar-refractivity contribution >= 4 is 6.72 Å². The van der Waals surface area contributed by atoms with Crippen molar-refractivity contribution in [3.8, 4) is 0 Å². The molecule has 0 saturated carbocycles. The minimum absolute atomic E-state index is 1.23. The molecule has 0 unspecified atom stereocenters. The van der Waals surface area contributed by atoms with Gasteiger partial charge in [-0.2, -0.15) is 0 Å². The molecule has 0 amide bonds. The molecule has 1 aliphatic heterocycles. The van der Waals surface area contributed by atoms with Crippen LogP contribution < -0.4 is 0 Å². The summed E-state index contributed by atoms with van der Waals surface area (Å²) in [5.74, 6) is 0. The summed E-state index contributed by atoms with van der Waals surface area (Å²) < 4.78 is 0. The van der Waals surface area contributed by atoms with Gasteiger partial charge in [-0.3, -0.25) is 4.99 Å². The van der Waals surface area contributed by atoms with Crippen LogP contribution in [0.15, 0.2) is 29.9 Å². The standard InChI is InChI=1S/C6H14N2.C5H7N.C2H6/c1-7-3-5-8(2)6-4-7;1-3-4-5-6-2;1-2/h3-6H2,1-2H3;3-5H,1-2H2;1-2H3/b;5-4-;. The second-order valence-electron chi connectivity index (χ2n) is 3.37. The molecule has 0 aromatic heterocycles. The highest BCUT2D eigenvalue weighted by atomic mass is 15.2. The van der Waals surface area contributed by atoms with Crippen molar-refractivity contribution in [2.45, 2.75) is 13.8 Å². The third kappa shape index (κ3) is 13.1. The fourth-order valence-electron chi connectivity index (χ4n) is 1.03. The van der Waals surface area contributed by atoms with Crippen molar-refractivity contribution < 1.29 is 0 Å². The Morgan fingerprint density at radius 2 is 1.38 bits per heavy atom. The highest BCUT2D eigenvalue weighted by Gasteiger charge is 2.07. The molecule has 0 spiro atoms. The third-order valence-electron chi connectivity index (χ3n) is 2.05. The molecule has 1 heterocycles. The number of nitrogens with zero attached hydrogens (tertiary/aromatic N) is 3. The first-order valence-electron chi connectivity index (χ1n) is 5.81. The van der Waals surface area contributed by atoms with Crippen LogP contribution in [0, 0.1) is 0 Å². The average molecular weight is 225 g/mol. The van der Waals surface area contributed by atoms with Crippen molar-refractivity contribution in [1.82, 2.24) is 9.80 Å². The molecule has 3 heteroatoms. The van der Waals surface area contributed by atoms with E-state index in [9.17, 15) is 0 Å². The van der Waals surface area contributed by atoms with E-state index in [4.69, 9.17) is 0 Å². The van der Waals surface area contributed by atoms with Gasteiger partial charge in [0.2, 0.25) is 0 Å². The highest BCUT2D eigenvalue weighted by Crippen LogP contribution is 1.93. The van der Waals surface area contributed by atoms with Crippen LogP contribution in [0.4, 0.5) is 0 Å². The van der Waals surface area contributed by atoms with E-state index in [1.807, 2.05) is 13.8 Å². The number of aliphatic imine (C=N–C) groups is 1. The van der Waals surface area contributed by atoms with Crippen molar-refractivity contribution in [2.75, 3.05) is 40.3 Å². The first kappa shape index (κ1) is 17.5. The van der Waals surface area contributed by atoms with Gasteiger partial charge in [0.15, 0.2) is 0 Å². The maximum absolute atomic E-state index is 3.42. The zero-order valence-electron chi connectivity index (χ0n) is 11.3. The molecule has 1 fully saturated rings. The molecular formula is C13H27N3. The molecule has 1 saturated heterocycles. The van der Waals surface area contributed by atoms with Crippen molar-refractivity contribution in [1.29, 1.82) is 0 Å². The van der Waals surface area contributed by atoms with E-state index in [0.29, 0.717) is 0 Å². The second kappa shape index (κ2) is 14.1. The van der Waals surface area contributed by atoms with Crippen molar-refractivity contribution in [3.05, 3.63) is 24.9 Å². The van der Waals surface area contributed by atoms with Crippen LogP contribution in [0.2, 0.25) is 0 Å². The minimum atomic E-state index is 1.23. The predicted octanol–water partition coefficient (Wildman–Crippen LogP) is 2.28. The highest BCUT2D eigenvalue weighted by molar-refractivity contribution is 5.25. The van der Waals surface area contributed by atoms with Gasteiger partial charge in [-0.15, -0.1) is 0 Å². The molecule has 1 rings (SSSR count). The minimum Gasteiger partial charge on any atom is -0.304 e. The van der Waals surface area contributed by atoms with Gasteiger partial charge in [-0.05, 0) is 26.9 Å². The summed E-state index contributed by atoms with van der Waals surface area (Å²) in [7, 11) is 4.35. The first-order chi connectivity index (χ1) is 7.70. The predicted molar refractivity (Wildman–Crippen MR) is 75.2 cm³/mol. The molecule has 0 aliphatic carbocycles. The van der Waals surface area contributed by atoms with E-state index < -0.39 is 0 Å². The molecule has 1 aliphatic rings. The summed E-state index contributed by atoms with van der Waals surface area (Å²) in [6.45, 7) is 15.6. The van der Waals surface area contributed by atoms with E-state index in [0.717, 1.165) is 0 Å². The zero-order valence-corrected chi connectivity index (χ0v) is 11.3. The lowest BCUT2D eigenvalue weighted by Crippen LogP contribution is -2.42. The van der Waals surface area contributed by atoms with Gasteiger partial charge in [0.1, 0.15) is 0 Å². The Balaban J connectivity index is 0. The third-order valence-corrected chi connectivity index (χ3v) is 2.05. The van der Waals surface area contributed by atoms with Crippen molar-refractivity contribution in [2.24, 2.45) is 4.99 Å². The number of hydrogen-bond acceptors (Lipinski definition) is 3. The Bertz CT molecular complexity index is 160. The fraction of sp³-hybridized carbons (Fsp3) is 0.615. The average Bonchev–Trinajstić information content (AvgIpc) is 2.34. The molecule has 0 N–H and O–H groups in total. The lowest BCUT2D eigenvalue weighted by Gasteiger charge is -2.28. The maximum Gasteiger partial charge on any atom is 0.0260 e. The lowest BCUT2D eigenvalue weighted by molar-refractivity contribution is 0.181. The smallest absolute Gasteiger partial charge is 0.0260 e. The monoisotopic (exact) mass is 225 g/mol. The van der Waals surface area contributed by atoms with Gasteiger partial charge < -0.3 is 9.80 Å². The Labute approximate surface area is 101 Å². The number of piperazine rings is 1. The molecule has 16 heavy (non-hydrogen) atoms. The number of allylic oxidation sites excluding steroid dienone is 2. The number of hydrogen-bond donors (Lipinski definition) is 0. The molecule has 0 aromatic carbocycles. The number of rotatable bonds is 2. The summed E-state index contributed by atoms with van der Waals surface area (Å²) in [5.41, 5.74) is 0. The van der Waals surface area contributed by atoms with E-state index >= 15 is 0 Å². The normalized spacial score (nSPS) is 16.8. The Hall–Kier alpha value is -0.930. The summed E-state index contributed by atoms with van der Waals surface area (Å²) in [6, 6.07) is 0. The van der Waals surface area contributed by atoms with Crippen LogP contribution >= 0.6 is 0 Å². The maximum atomic E-state index is 3.42. The van der Waals surface area contributed by atoms with Crippen LogP contribution in [0.25, 0.3) is 0 Å². The van der Waals surface area contributed by atoms with Crippen LogP contribution in [-0.2, 0) is 0 Å². The van der Waals surface area contributed by atoms with E-state index in [-0.39, 0.29) is 0 Å². The molecule has 0 atom stereocenters. The molecule has 0 radical (unpaired) electrons. The summed E-state index contributed by atoms with van der Waals surface area (Å²) >= 11 is 0. The first-order valence-corrected chi connectivity index (χ1v) is 5.81. The molecule has 0 bridgehead atoms. The fourth-order valence-corrected chi connectivity index (χ4v) is 1.03. The second-order valence-corrected chi connectivity index (χ2v) is 3.37. The van der Waals surface area contributed by atoms with Crippen LogP contribution in [0.3, 0.4) is 0 Å². The zero-order chi connectivity index (χ0) is 12.8. The Kier molecular flexibility index (Phi) is 15.4. The molecular weight excluding hydrogens is 198 g/mol. The topological polar surface area (TPSA) is 18.8 Å². The van der Waals surface area contributed by atoms with Gasteiger partial charge in [0.05, 0.1) is 0 Å². The Morgan fingerprint density at radius 3 is 1.56 bits per heavy atom. The van der Waals surface area contributed by atoms with Crippen LogP contribution in [0.1, 0.15) is 13.8 Å². The molecule has 3 nitrogen and oxygen atoms in total. The van der Waals surface area contributed by atoms with Gasteiger partial charge in [0.25, 0.3) is 0 Å². The van der Waals surface area contributed by atoms with E-state index in [1.54, 1.807) is 18.4 Å². The van der Waals surface area contributed by atoms with E-state index in [2.05, 4.69) is 42.2 Å². The molecule has 94 valence electrons. The Morgan fingerprint density at radius 1 is 1.00 bits per heavy atom. The molecule has 0 aromatic rings. The van der Waals surface area contributed by atoms with Gasteiger partial charge in [0, 0.05) is 32.4 Å². The quantitative estimate of drug-likeness (QED) is 0.530. The van der Waals surface area contributed by atoms with Crippen LogP contribution in [-0.4, -0.2) is 56.8 Å². The summed E-state index contributed by atoms with van der Waals surface area (Å²) in [4.78, 5) is 8.15. The number of likely N-dealkylation sites (N-methyl/N-ethyl adjacent to an activating group) is 2. The lowest BCUT2D eigenvalue weighted by atomic mass is 10.4. The van der Waals surface area contributed by atoms with E-state index in [1.165, 1.54) is 26.2 Å². The van der Waals surface area contributed by atoms with Gasteiger partial charge in [-0.1, -0.05) is 26.5 Å². The van der Waals surface area contributed by atoms with Gasteiger partial charge in [-0.25, -0.2) is 0 Å². The summed E-state index contributed by atoms with van der Waals surface area (Å²) in [5, 5.41) is 0. The van der Waals surface area contributed by atoms with Crippen molar-refractivity contribution in [3.63, 3.8) is 0 Å². The largest absolute Gasteiger partial charge is 0.304 e. The van der Waals surface area contributed by atoms with Gasteiger partial charge >= 0.3 is 0 Å².